The molecule has 0 atom stereocenters. The summed E-state index contributed by atoms with van der Waals surface area (Å²) < 4.78 is 7.29. The van der Waals surface area contributed by atoms with Crippen molar-refractivity contribution in [1.82, 2.24) is 14.6 Å². The number of halogens is 1. The summed E-state index contributed by atoms with van der Waals surface area (Å²) in [6.45, 7) is 0. The summed E-state index contributed by atoms with van der Waals surface area (Å²) in [6, 6.07) is 15.6. The molecule has 0 saturated heterocycles. The Morgan fingerprint density at radius 1 is 0.957 bits per heavy atom. The van der Waals surface area contributed by atoms with Gasteiger partial charge in [-0.2, -0.15) is 0 Å². The fraction of sp³-hybridized carbons (Fsp3) is 0.0588. The van der Waals surface area contributed by atoms with Crippen molar-refractivity contribution in [2.24, 2.45) is 0 Å². The van der Waals surface area contributed by atoms with Crippen molar-refractivity contribution < 1.29 is 4.74 Å². The average Bonchev–Trinajstić information content (AvgIpc) is 3.18. The first kappa shape index (κ1) is 14.2. The van der Waals surface area contributed by atoms with Crippen molar-refractivity contribution >= 4 is 27.9 Å². The lowest BCUT2D eigenvalue weighted by Crippen LogP contribution is -1.91. The van der Waals surface area contributed by atoms with E-state index in [4.69, 9.17) is 16.3 Å². The van der Waals surface area contributed by atoms with Crippen LogP contribution >= 0.6 is 22.9 Å². The Labute approximate surface area is 141 Å². The van der Waals surface area contributed by atoms with Crippen LogP contribution < -0.4 is 4.74 Å². The van der Waals surface area contributed by atoms with Gasteiger partial charge in [-0.3, -0.25) is 4.40 Å². The van der Waals surface area contributed by atoms with E-state index in [0.717, 1.165) is 33.4 Å². The van der Waals surface area contributed by atoms with Gasteiger partial charge in [0.2, 0.25) is 4.96 Å². The topological polar surface area (TPSA) is 39.4 Å². The minimum absolute atomic E-state index is 0.704. The molecule has 23 heavy (non-hydrogen) atoms. The van der Waals surface area contributed by atoms with Crippen molar-refractivity contribution in [2.45, 2.75) is 0 Å². The lowest BCUT2D eigenvalue weighted by molar-refractivity contribution is 0.415. The Kier molecular flexibility index (Phi) is 3.52. The van der Waals surface area contributed by atoms with Crippen molar-refractivity contribution in [3.05, 3.63) is 58.9 Å². The Morgan fingerprint density at radius 3 is 2.35 bits per heavy atom. The predicted octanol–water partition coefficient (Wildman–Crippen LogP) is 4.79. The average molecular weight is 342 g/mol. The molecule has 2 aromatic carbocycles. The van der Waals surface area contributed by atoms with E-state index in [1.165, 1.54) is 0 Å². The minimum atomic E-state index is 0.704. The number of aromatic nitrogens is 3. The number of hydrogen-bond donors (Lipinski definition) is 0. The van der Waals surface area contributed by atoms with Gasteiger partial charge in [-0.05, 0) is 54.1 Å². The van der Waals surface area contributed by atoms with Crippen molar-refractivity contribution in [1.29, 1.82) is 0 Å². The second-order valence-corrected chi connectivity index (χ2v) is 6.27. The van der Waals surface area contributed by atoms with Crippen LogP contribution in [0.15, 0.2) is 53.9 Å². The first-order valence-electron chi connectivity index (χ1n) is 6.99. The number of rotatable bonds is 3. The Bertz CT molecular complexity index is 958. The van der Waals surface area contributed by atoms with E-state index < -0.39 is 0 Å². The zero-order valence-corrected chi connectivity index (χ0v) is 13.8. The molecule has 0 N–H and O–H groups in total. The van der Waals surface area contributed by atoms with Gasteiger partial charge in [0.1, 0.15) is 5.75 Å². The van der Waals surface area contributed by atoms with Crippen LogP contribution in [-0.4, -0.2) is 21.7 Å². The van der Waals surface area contributed by atoms with E-state index in [2.05, 4.69) is 20.0 Å². The lowest BCUT2D eigenvalue weighted by atomic mass is 10.1. The SMILES string of the molecule is COc1ccc(-c2csc3nnc(-c4ccc(Cl)cc4)n23)cc1. The van der Waals surface area contributed by atoms with Gasteiger partial charge in [0.25, 0.3) is 0 Å². The number of benzene rings is 2. The highest BCUT2D eigenvalue weighted by Crippen LogP contribution is 2.31. The van der Waals surface area contributed by atoms with Crippen LogP contribution in [0.5, 0.6) is 5.75 Å². The second-order valence-electron chi connectivity index (χ2n) is 5.00. The van der Waals surface area contributed by atoms with Gasteiger partial charge in [-0.1, -0.05) is 11.6 Å². The second kappa shape index (κ2) is 5.68. The third-order valence-corrected chi connectivity index (χ3v) is 4.71. The molecule has 2 aromatic heterocycles. The summed E-state index contributed by atoms with van der Waals surface area (Å²) in [5, 5.41) is 11.4. The number of hydrogen-bond acceptors (Lipinski definition) is 4. The number of ether oxygens (including phenoxy) is 1. The molecule has 6 heteroatoms. The standard InChI is InChI=1S/C17H12ClN3OS/c1-22-14-8-4-11(5-9-14)15-10-23-17-20-19-16(21(15)17)12-2-6-13(18)7-3-12/h2-10H,1H3. The van der Waals surface area contributed by atoms with Crippen molar-refractivity contribution in [3.8, 4) is 28.4 Å². The van der Waals surface area contributed by atoms with Crippen molar-refractivity contribution in [2.75, 3.05) is 7.11 Å². The number of methoxy groups -OCH3 is 1. The lowest BCUT2D eigenvalue weighted by Gasteiger charge is -2.05. The summed E-state index contributed by atoms with van der Waals surface area (Å²) in [5.41, 5.74) is 3.13. The molecule has 0 amide bonds. The molecular weight excluding hydrogens is 330 g/mol. The fourth-order valence-corrected chi connectivity index (χ4v) is 3.43. The summed E-state index contributed by atoms with van der Waals surface area (Å²) in [4.78, 5) is 0.862. The molecular formula is C17H12ClN3OS. The maximum Gasteiger partial charge on any atom is 0.216 e. The molecule has 4 nitrogen and oxygen atoms in total. The summed E-state index contributed by atoms with van der Waals surface area (Å²) in [6.07, 6.45) is 0. The zero-order chi connectivity index (χ0) is 15.8. The molecule has 4 aromatic rings. The molecule has 0 radical (unpaired) electrons. The van der Waals surface area contributed by atoms with Gasteiger partial charge in [-0.25, -0.2) is 0 Å². The fourth-order valence-electron chi connectivity index (χ4n) is 2.47. The highest BCUT2D eigenvalue weighted by atomic mass is 35.5. The summed E-state index contributed by atoms with van der Waals surface area (Å²) in [5.74, 6) is 1.64. The van der Waals surface area contributed by atoms with E-state index >= 15 is 0 Å². The number of fused-ring (bicyclic) bond motifs is 1. The molecule has 2 heterocycles. The Hall–Kier alpha value is -2.37. The summed E-state index contributed by atoms with van der Waals surface area (Å²) >= 11 is 7.54. The smallest absolute Gasteiger partial charge is 0.216 e. The molecule has 0 aliphatic rings. The largest absolute Gasteiger partial charge is 0.497 e. The third-order valence-electron chi connectivity index (χ3n) is 3.64. The van der Waals surface area contributed by atoms with Crippen LogP contribution in [0.3, 0.4) is 0 Å². The van der Waals surface area contributed by atoms with E-state index in [0.29, 0.717) is 5.02 Å². The summed E-state index contributed by atoms with van der Waals surface area (Å²) in [7, 11) is 1.66. The Balaban J connectivity index is 1.87. The first-order valence-corrected chi connectivity index (χ1v) is 8.25. The van der Waals surface area contributed by atoms with Crippen molar-refractivity contribution in [3.63, 3.8) is 0 Å². The van der Waals surface area contributed by atoms with Crippen LogP contribution in [-0.2, 0) is 0 Å². The van der Waals surface area contributed by atoms with Gasteiger partial charge in [0.15, 0.2) is 5.82 Å². The quantitative estimate of drug-likeness (QED) is 0.538. The molecule has 0 unspecified atom stereocenters. The normalized spacial score (nSPS) is 11.0. The van der Waals surface area contributed by atoms with Gasteiger partial charge in [0, 0.05) is 16.0 Å². The molecule has 0 spiro atoms. The van der Waals surface area contributed by atoms with E-state index in [9.17, 15) is 0 Å². The van der Waals surface area contributed by atoms with Gasteiger partial charge in [-0.15, -0.1) is 21.5 Å². The Morgan fingerprint density at radius 2 is 1.65 bits per heavy atom. The molecule has 0 aliphatic carbocycles. The maximum atomic E-state index is 5.97. The van der Waals surface area contributed by atoms with Crippen LogP contribution in [0.2, 0.25) is 5.02 Å². The number of nitrogens with zero attached hydrogens (tertiary/aromatic N) is 3. The number of thiazole rings is 1. The van der Waals surface area contributed by atoms with Crippen LogP contribution in [0, 0.1) is 0 Å². The van der Waals surface area contributed by atoms with Crippen LogP contribution in [0.25, 0.3) is 27.6 Å². The molecule has 0 saturated carbocycles. The van der Waals surface area contributed by atoms with Gasteiger partial charge in [0.05, 0.1) is 12.8 Å². The highest BCUT2D eigenvalue weighted by molar-refractivity contribution is 7.15. The van der Waals surface area contributed by atoms with E-state index in [1.807, 2.05) is 48.5 Å². The maximum absolute atomic E-state index is 5.97. The van der Waals surface area contributed by atoms with Gasteiger partial charge >= 0.3 is 0 Å². The highest BCUT2D eigenvalue weighted by Gasteiger charge is 2.14. The molecule has 4 rings (SSSR count). The monoisotopic (exact) mass is 341 g/mol. The van der Waals surface area contributed by atoms with Crippen LogP contribution in [0.1, 0.15) is 0 Å². The molecule has 0 aliphatic heterocycles. The molecule has 0 fully saturated rings. The first-order chi connectivity index (χ1) is 11.3. The molecule has 0 bridgehead atoms. The van der Waals surface area contributed by atoms with Gasteiger partial charge < -0.3 is 4.74 Å². The predicted molar refractivity (Wildman–Crippen MR) is 93.3 cm³/mol. The molecule has 114 valence electrons. The van der Waals surface area contributed by atoms with E-state index in [-0.39, 0.29) is 0 Å². The zero-order valence-electron chi connectivity index (χ0n) is 12.2. The van der Waals surface area contributed by atoms with Crippen LogP contribution in [0.4, 0.5) is 0 Å². The minimum Gasteiger partial charge on any atom is -0.497 e. The third kappa shape index (κ3) is 2.48. The van der Waals surface area contributed by atoms with E-state index in [1.54, 1.807) is 18.4 Å².